The molecule has 0 aliphatic carbocycles. The summed E-state index contributed by atoms with van der Waals surface area (Å²) in [5, 5.41) is 3.32. The van der Waals surface area contributed by atoms with Gasteiger partial charge in [0.1, 0.15) is 0 Å². The summed E-state index contributed by atoms with van der Waals surface area (Å²) in [5.41, 5.74) is 7.66. The summed E-state index contributed by atoms with van der Waals surface area (Å²) in [6.07, 6.45) is -2.84. The lowest BCUT2D eigenvalue weighted by Crippen LogP contribution is -2.13. The fourth-order valence-electron chi connectivity index (χ4n) is 3.02. The monoisotopic (exact) mass is 408 g/mol. The van der Waals surface area contributed by atoms with Gasteiger partial charge in [-0.1, -0.05) is 24.3 Å². The molecule has 150 valence electrons. The van der Waals surface area contributed by atoms with Gasteiger partial charge in [0.2, 0.25) is 5.95 Å². The number of alkyl halides is 3. The van der Waals surface area contributed by atoms with Gasteiger partial charge in [0.25, 0.3) is 5.91 Å². The van der Waals surface area contributed by atoms with Crippen LogP contribution in [0.5, 0.6) is 0 Å². The Morgan fingerprint density at radius 2 is 1.67 bits per heavy atom. The van der Waals surface area contributed by atoms with Crippen LogP contribution in [0.3, 0.4) is 0 Å². The molecule has 3 aromatic carbocycles. The van der Waals surface area contributed by atoms with Gasteiger partial charge in [0.05, 0.1) is 11.1 Å². The van der Waals surface area contributed by atoms with Crippen LogP contribution < -0.4 is 11.1 Å². The topological polar surface area (TPSA) is 80.9 Å². The fraction of sp³-hybridized carbons (Fsp3) is 0.0455. The van der Waals surface area contributed by atoms with Crippen LogP contribution in [0.2, 0.25) is 0 Å². The van der Waals surface area contributed by atoms with Crippen molar-refractivity contribution in [2.75, 3.05) is 11.1 Å². The maximum Gasteiger partial charge on any atom is 0.416 e. The van der Waals surface area contributed by atoms with Crippen molar-refractivity contribution < 1.29 is 18.0 Å². The molecule has 8 heteroatoms. The van der Waals surface area contributed by atoms with Crippen molar-refractivity contribution in [3.63, 3.8) is 0 Å². The van der Waals surface area contributed by atoms with E-state index in [9.17, 15) is 18.0 Å². The van der Waals surface area contributed by atoms with Gasteiger partial charge in [-0.3, -0.25) is 4.79 Å². The molecule has 4 rings (SSSR count). The summed E-state index contributed by atoms with van der Waals surface area (Å²) >= 11 is 0. The molecule has 5 nitrogen and oxygen atoms in total. The Morgan fingerprint density at radius 1 is 0.933 bits per heavy atom. The van der Waals surface area contributed by atoms with E-state index in [1.807, 2.05) is 18.2 Å². The number of carbonyl (C=O) groups is 1. The van der Waals surface area contributed by atoms with Crippen molar-refractivity contribution in [3.05, 3.63) is 84.1 Å². The minimum atomic E-state index is -4.47. The number of nitrogens with one attached hydrogen (secondary N) is 1. The van der Waals surface area contributed by atoms with Crippen LogP contribution >= 0.6 is 0 Å². The lowest BCUT2D eigenvalue weighted by Gasteiger charge is -2.10. The number of rotatable bonds is 3. The highest BCUT2D eigenvalue weighted by Gasteiger charge is 2.30. The Balaban J connectivity index is 1.53. The molecule has 1 amide bonds. The summed E-state index contributed by atoms with van der Waals surface area (Å²) in [4.78, 5) is 20.5. The van der Waals surface area contributed by atoms with Gasteiger partial charge in [-0.2, -0.15) is 13.2 Å². The number of aromatic nitrogens is 2. The van der Waals surface area contributed by atoms with Crippen LogP contribution in [0.25, 0.3) is 22.0 Å². The number of nitrogen functional groups attached to an aromatic ring is 1. The Bertz CT molecular complexity index is 1240. The maximum absolute atomic E-state index is 12.8. The highest BCUT2D eigenvalue weighted by Crippen LogP contribution is 2.31. The lowest BCUT2D eigenvalue weighted by molar-refractivity contribution is -0.137. The van der Waals surface area contributed by atoms with E-state index in [0.717, 1.165) is 34.2 Å². The van der Waals surface area contributed by atoms with Gasteiger partial charge in [-0.15, -0.1) is 0 Å². The van der Waals surface area contributed by atoms with Crippen LogP contribution in [0.15, 0.2) is 72.9 Å². The third kappa shape index (κ3) is 4.07. The molecule has 0 bridgehead atoms. The molecule has 30 heavy (non-hydrogen) atoms. The average molecular weight is 408 g/mol. The molecule has 3 N–H and O–H groups in total. The van der Waals surface area contributed by atoms with E-state index in [0.29, 0.717) is 5.56 Å². The third-order valence-electron chi connectivity index (χ3n) is 4.53. The van der Waals surface area contributed by atoms with Crippen LogP contribution in [0.4, 0.5) is 24.8 Å². The third-order valence-corrected chi connectivity index (χ3v) is 4.53. The average Bonchev–Trinajstić information content (AvgIpc) is 2.73. The molecule has 0 spiro atoms. The second-order valence-electron chi connectivity index (χ2n) is 6.61. The zero-order valence-corrected chi connectivity index (χ0v) is 15.4. The van der Waals surface area contributed by atoms with Gasteiger partial charge in [-0.05, 0) is 53.6 Å². The largest absolute Gasteiger partial charge is 0.416 e. The molecule has 0 aliphatic rings. The van der Waals surface area contributed by atoms with Gasteiger partial charge >= 0.3 is 6.18 Å². The SMILES string of the molecule is Nc1ncc2cc(-c3ccc(C(=O)Nc4cccc(C(F)(F)F)c4)cc3)ccc2n1. The molecular formula is C22H15F3N4O. The quantitative estimate of drug-likeness (QED) is 0.491. The molecule has 1 heterocycles. The fourth-order valence-corrected chi connectivity index (χ4v) is 3.02. The summed E-state index contributed by atoms with van der Waals surface area (Å²) in [6.45, 7) is 0. The highest BCUT2D eigenvalue weighted by atomic mass is 19.4. The second-order valence-corrected chi connectivity index (χ2v) is 6.61. The van der Waals surface area contributed by atoms with E-state index >= 15 is 0 Å². The van der Waals surface area contributed by atoms with Gasteiger partial charge in [0.15, 0.2) is 0 Å². The lowest BCUT2D eigenvalue weighted by atomic mass is 10.0. The van der Waals surface area contributed by atoms with E-state index in [1.165, 1.54) is 12.1 Å². The number of nitrogens with two attached hydrogens (primary N) is 1. The normalized spacial score (nSPS) is 11.4. The van der Waals surface area contributed by atoms with E-state index < -0.39 is 17.6 Å². The number of halogens is 3. The molecule has 4 aromatic rings. The van der Waals surface area contributed by atoms with Crippen LogP contribution in [-0.2, 0) is 6.18 Å². The summed E-state index contributed by atoms with van der Waals surface area (Å²) < 4.78 is 38.5. The van der Waals surface area contributed by atoms with Crippen molar-refractivity contribution in [2.45, 2.75) is 6.18 Å². The van der Waals surface area contributed by atoms with E-state index in [2.05, 4.69) is 15.3 Å². The van der Waals surface area contributed by atoms with Gasteiger partial charge in [-0.25, -0.2) is 9.97 Å². The van der Waals surface area contributed by atoms with Crippen molar-refractivity contribution in [1.29, 1.82) is 0 Å². The molecule has 0 saturated heterocycles. The Morgan fingerprint density at radius 3 is 2.40 bits per heavy atom. The van der Waals surface area contributed by atoms with Crippen molar-refractivity contribution in [1.82, 2.24) is 9.97 Å². The number of fused-ring (bicyclic) bond motifs is 1. The molecule has 0 unspecified atom stereocenters. The van der Waals surface area contributed by atoms with Crippen LogP contribution in [-0.4, -0.2) is 15.9 Å². The zero-order chi connectivity index (χ0) is 21.3. The Labute approximate surface area is 169 Å². The number of hydrogen-bond donors (Lipinski definition) is 2. The predicted octanol–water partition coefficient (Wildman–Crippen LogP) is 5.15. The van der Waals surface area contributed by atoms with Crippen LogP contribution in [0.1, 0.15) is 15.9 Å². The number of carbonyl (C=O) groups excluding carboxylic acids is 1. The minimum Gasteiger partial charge on any atom is -0.368 e. The number of benzene rings is 3. The van der Waals surface area contributed by atoms with Crippen molar-refractivity contribution in [3.8, 4) is 11.1 Å². The highest BCUT2D eigenvalue weighted by molar-refractivity contribution is 6.04. The second kappa shape index (κ2) is 7.47. The molecule has 1 aromatic heterocycles. The minimum absolute atomic E-state index is 0.0766. The Hall–Kier alpha value is -3.94. The zero-order valence-electron chi connectivity index (χ0n) is 15.4. The molecule has 0 radical (unpaired) electrons. The van der Waals surface area contributed by atoms with E-state index in [4.69, 9.17) is 5.73 Å². The summed E-state index contributed by atoms with van der Waals surface area (Å²) in [5.74, 6) is -0.297. The number of hydrogen-bond acceptors (Lipinski definition) is 4. The first kappa shape index (κ1) is 19.4. The van der Waals surface area contributed by atoms with Gasteiger partial charge in [0, 0.05) is 22.8 Å². The first-order valence-corrected chi connectivity index (χ1v) is 8.91. The van der Waals surface area contributed by atoms with Crippen molar-refractivity contribution >= 4 is 28.4 Å². The molecule has 0 atom stereocenters. The van der Waals surface area contributed by atoms with E-state index in [1.54, 1.807) is 30.5 Å². The molecular weight excluding hydrogens is 393 g/mol. The number of nitrogens with zero attached hydrogens (tertiary/aromatic N) is 2. The van der Waals surface area contributed by atoms with E-state index in [-0.39, 0.29) is 11.6 Å². The standard InChI is InChI=1S/C22H15F3N4O/c23-22(24,25)17-2-1-3-18(11-17)28-20(30)14-6-4-13(5-7-14)15-8-9-19-16(10-15)12-27-21(26)29-19/h1-12H,(H,28,30)(H2,26,27,29). The first-order valence-electron chi connectivity index (χ1n) is 8.91. The summed E-state index contributed by atoms with van der Waals surface area (Å²) in [7, 11) is 0. The molecule has 0 aliphatic heterocycles. The van der Waals surface area contributed by atoms with Crippen LogP contribution in [0, 0.1) is 0 Å². The smallest absolute Gasteiger partial charge is 0.368 e. The number of anilines is 2. The molecule has 0 saturated carbocycles. The number of amides is 1. The van der Waals surface area contributed by atoms with Gasteiger partial charge < -0.3 is 11.1 Å². The summed E-state index contributed by atoms with van der Waals surface area (Å²) in [6, 6.07) is 16.9. The Kier molecular flexibility index (Phi) is 4.83. The first-order chi connectivity index (χ1) is 14.3. The maximum atomic E-state index is 12.8. The van der Waals surface area contributed by atoms with Crippen molar-refractivity contribution in [2.24, 2.45) is 0 Å². The molecule has 0 fully saturated rings. The predicted molar refractivity (Wildman–Crippen MR) is 109 cm³/mol.